The summed E-state index contributed by atoms with van der Waals surface area (Å²) in [6.45, 7) is 0.580. The lowest BCUT2D eigenvalue weighted by atomic mass is 10.3. The number of esters is 1. The summed E-state index contributed by atoms with van der Waals surface area (Å²) >= 11 is 1.26. The van der Waals surface area contributed by atoms with Crippen LogP contribution in [0.3, 0.4) is 0 Å². The highest BCUT2D eigenvalue weighted by Gasteiger charge is 2.16. The first-order valence-corrected chi connectivity index (χ1v) is 7.98. The standard InChI is InChI=1S/C15H13FN4O3S/c16-11-2-4-12(5-3-11)22-7-1-8-23-15(21)14-13(6-9-24-14)20-10-17-18-19-20/h2-6,9-10H,1,7-8H2. The molecule has 0 N–H and O–H groups in total. The molecule has 2 heterocycles. The van der Waals surface area contributed by atoms with Crippen molar-refractivity contribution in [3.63, 3.8) is 0 Å². The maximum atomic E-state index is 12.8. The number of thiophene rings is 1. The molecule has 0 aliphatic carbocycles. The zero-order chi connectivity index (χ0) is 16.8. The average Bonchev–Trinajstić information content (AvgIpc) is 3.27. The van der Waals surface area contributed by atoms with Crippen molar-refractivity contribution in [3.8, 4) is 11.4 Å². The van der Waals surface area contributed by atoms with Crippen molar-refractivity contribution in [1.82, 2.24) is 20.2 Å². The predicted octanol–water partition coefficient (Wildman–Crippen LogP) is 2.49. The molecule has 0 saturated carbocycles. The number of carbonyl (C=O) groups is 1. The number of carbonyl (C=O) groups excluding carboxylic acids is 1. The lowest BCUT2D eigenvalue weighted by Crippen LogP contribution is -2.10. The summed E-state index contributed by atoms with van der Waals surface area (Å²) in [5, 5.41) is 12.6. The van der Waals surface area contributed by atoms with Gasteiger partial charge in [0, 0.05) is 6.42 Å². The molecule has 9 heteroatoms. The fraction of sp³-hybridized carbons (Fsp3) is 0.200. The first-order chi connectivity index (χ1) is 11.7. The summed E-state index contributed by atoms with van der Waals surface area (Å²) in [6, 6.07) is 7.49. The second kappa shape index (κ2) is 7.64. The highest BCUT2D eigenvalue weighted by atomic mass is 32.1. The molecule has 0 spiro atoms. The monoisotopic (exact) mass is 348 g/mol. The molecule has 0 radical (unpaired) electrons. The molecule has 124 valence electrons. The van der Waals surface area contributed by atoms with Gasteiger partial charge in [-0.2, -0.15) is 4.68 Å². The van der Waals surface area contributed by atoms with Gasteiger partial charge in [-0.05, 0) is 46.1 Å². The van der Waals surface area contributed by atoms with Crippen LogP contribution in [0.25, 0.3) is 5.69 Å². The Labute approximate surface area is 140 Å². The Bertz CT molecular complexity index is 789. The number of hydrogen-bond acceptors (Lipinski definition) is 7. The maximum Gasteiger partial charge on any atom is 0.350 e. The van der Waals surface area contributed by atoms with Gasteiger partial charge in [-0.1, -0.05) is 0 Å². The molecule has 24 heavy (non-hydrogen) atoms. The largest absolute Gasteiger partial charge is 0.493 e. The molecule has 2 aromatic heterocycles. The normalized spacial score (nSPS) is 10.5. The third-order valence-electron chi connectivity index (χ3n) is 3.03. The van der Waals surface area contributed by atoms with Crippen LogP contribution < -0.4 is 4.74 Å². The Morgan fingerprint density at radius 3 is 2.79 bits per heavy atom. The molecule has 3 aromatic rings. The molecule has 0 saturated heterocycles. The van der Waals surface area contributed by atoms with Gasteiger partial charge in [-0.25, -0.2) is 9.18 Å². The van der Waals surface area contributed by atoms with Gasteiger partial charge >= 0.3 is 5.97 Å². The molecule has 0 aliphatic heterocycles. The number of benzene rings is 1. The molecule has 0 fully saturated rings. The van der Waals surface area contributed by atoms with Crippen molar-refractivity contribution in [2.24, 2.45) is 0 Å². The highest BCUT2D eigenvalue weighted by Crippen LogP contribution is 2.21. The SMILES string of the molecule is O=C(OCCCOc1ccc(F)cc1)c1sccc1-n1cnnn1. The Morgan fingerprint density at radius 2 is 2.04 bits per heavy atom. The molecule has 1 aromatic carbocycles. The summed E-state index contributed by atoms with van der Waals surface area (Å²) in [7, 11) is 0. The third-order valence-corrected chi connectivity index (χ3v) is 3.91. The Hall–Kier alpha value is -2.81. The van der Waals surface area contributed by atoms with E-state index in [4.69, 9.17) is 9.47 Å². The highest BCUT2D eigenvalue weighted by molar-refractivity contribution is 7.12. The first-order valence-electron chi connectivity index (χ1n) is 7.10. The van der Waals surface area contributed by atoms with E-state index in [-0.39, 0.29) is 12.4 Å². The van der Waals surface area contributed by atoms with Crippen LogP contribution in [0.2, 0.25) is 0 Å². The Morgan fingerprint density at radius 1 is 1.21 bits per heavy atom. The second-order valence-electron chi connectivity index (χ2n) is 4.68. The number of ether oxygens (including phenoxy) is 2. The Balaban J connectivity index is 1.45. The summed E-state index contributed by atoms with van der Waals surface area (Å²) in [5.41, 5.74) is 0.581. The van der Waals surface area contributed by atoms with Crippen molar-refractivity contribution in [2.75, 3.05) is 13.2 Å². The molecule has 0 atom stereocenters. The van der Waals surface area contributed by atoms with E-state index < -0.39 is 5.97 Å². The Kier molecular flexibility index (Phi) is 5.12. The van der Waals surface area contributed by atoms with Crippen LogP contribution in [0.1, 0.15) is 16.1 Å². The molecule has 0 bridgehead atoms. The van der Waals surface area contributed by atoms with E-state index in [9.17, 15) is 9.18 Å². The van der Waals surface area contributed by atoms with Crippen LogP contribution in [0.4, 0.5) is 4.39 Å². The number of aromatic nitrogens is 4. The third kappa shape index (κ3) is 3.93. The van der Waals surface area contributed by atoms with Crippen molar-refractivity contribution < 1.29 is 18.7 Å². The number of hydrogen-bond donors (Lipinski definition) is 0. The molecule has 0 unspecified atom stereocenters. The van der Waals surface area contributed by atoms with E-state index in [1.54, 1.807) is 23.6 Å². The van der Waals surface area contributed by atoms with Crippen LogP contribution in [0, 0.1) is 5.82 Å². The lowest BCUT2D eigenvalue weighted by molar-refractivity contribution is 0.0491. The van der Waals surface area contributed by atoms with Gasteiger partial charge in [0.25, 0.3) is 0 Å². The van der Waals surface area contributed by atoms with Crippen LogP contribution >= 0.6 is 11.3 Å². The fourth-order valence-corrected chi connectivity index (χ4v) is 2.69. The van der Waals surface area contributed by atoms with E-state index in [1.165, 1.54) is 34.5 Å². The average molecular weight is 348 g/mol. The van der Waals surface area contributed by atoms with Crippen LogP contribution in [-0.4, -0.2) is 39.4 Å². The van der Waals surface area contributed by atoms with Crippen LogP contribution in [0.5, 0.6) is 5.75 Å². The van der Waals surface area contributed by atoms with Crippen molar-refractivity contribution in [2.45, 2.75) is 6.42 Å². The molecule has 3 rings (SSSR count). The molecule has 0 amide bonds. The minimum absolute atomic E-state index is 0.215. The fourth-order valence-electron chi connectivity index (χ4n) is 1.92. The van der Waals surface area contributed by atoms with Crippen LogP contribution in [-0.2, 0) is 4.74 Å². The summed E-state index contributed by atoms with van der Waals surface area (Å²) in [6.07, 6.45) is 1.93. The van der Waals surface area contributed by atoms with Crippen molar-refractivity contribution in [1.29, 1.82) is 0 Å². The number of halogens is 1. The quantitative estimate of drug-likeness (QED) is 0.482. The summed E-state index contributed by atoms with van der Waals surface area (Å²) in [5.74, 6) is -0.176. The van der Waals surface area contributed by atoms with E-state index in [2.05, 4.69) is 15.5 Å². The molecule has 7 nitrogen and oxygen atoms in total. The molecular weight excluding hydrogens is 335 g/mol. The van der Waals surface area contributed by atoms with E-state index in [0.717, 1.165) is 0 Å². The minimum Gasteiger partial charge on any atom is -0.493 e. The van der Waals surface area contributed by atoms with E-state index in [0.29, 0.717) is 29.3 Å². The van der Waals surface area contributed by atoms with Gasteiger partial charge in [0.1, 0.15) is 22.8 Å². The first kappa shape index (κ1) is 16.1. The van der Waals surface area contributed by atoms with Gasteiger partial charge in [-0.15, -0.1) is 16.4 Å². The van der Waals surface area contributed by atoms with Crippen molar-refractivity contribution >= 4 is 17.3 Å². The second-order valence-corrected chi connectivity index (χ2v) is 5.60. The summed E-state index contributed by atoms with van der Waals surface area (Å²) in [4.78, 5) is 12.5. The van der Waals surface area contributed by atoms with E-state index in [1.807, 2.05) is 0 Å². The summed E-state index contributed by atoms with van der Waals surface area (Å²) < 4.78 is 24.8. The minimum atomic E-state index is -0.433. The zero-order valence-corrected chi connectivity index (χ0v) is 13.3. The van der Waals surface area contributed by atoms with Gasteiger partial charge in [0.2, 0.25) is 0 Å². The smallest absolute Gasteiger partial charge is 0.350 e. The van der Waals surface area contributed by atoms with Gasteiger partial charge in [0.05, 0.1) is 18.9 Å². The van der Waals surface area contributed by atoms with Gasteiger partial charge in [0.15, 0.2) is 0 Å². The zero-order valence-electron chi connectivity index (χ0n) is 12.5. The predicted molar refractivity (Wildman–Crippen MR) is 83.8 cm³/mol. The number of rotatable bonds is 7. The lowest BCUT2D eigenvalue weighted by Gasteiger charge is -2.07. The van der Waals surface area contributed by atoms with E-state index >= 15 is 0 Å². The van der Waals surface area contributed by atoms with Gasteiger partial charge < -0.3 is 9.47 Å². The topological polar surface area (TPSA) is 79.1 Å². The van der Waals surface area contributed by atoms with Gasteiger partial charge in [-0.3, -0.25) is 0 Å². The van der Waals surface area contributed by atoms with Crippen LogP contribution in [0.15, 0.2) is 42.0 Å². The molecular formula is C15H13FN4O3S. The maximum absolute atomic E-state index is 12.8. The number of nitrogens with zero attached hydrogens (tertiary/aromatic N) is 4. The molecule has 0 aliphatic rings. The number of tetrazole rings is 1. The van der Waals surface area contributed by atoms with Crippen molar-refractivity contribution in [3.05, 3.63) is 52.7 Å².